The predicted octanol–water partition coefficient (Wildman–Crippen LogP) is -0.955. The summed E-state index contributed by atoms with van der Waals surface area (Å²) < 4.78 is 0. The second-order valence-corrected chi connectivity index (χ2v) is 4.34. The fourth-order valence-electron chi connectivity index (χ4n) is 0.971. The minimum atomic E-state index is -0.513. The van der Waals surface area contributed by atoms with Gasteiger partial charge in [-0.1, -0.05) is 6.92 Å². The molecule has 0 unspecified atom stereocenters. The predicted molar refractivity (Wildman–Crippen MR) is 58.5 cm³/mol. The standard InChI is InChI=1S/C10H22N2O3/c1-10(7-13,8-14)6-11-5-4-9(15)12(2)3/h11,13-14H,4-8H2,1-3H3. The number of amides is 1. The highest BCUT2D eigenvalue weighted by Gasteiger charge is 2.21. The normalized spacial score (nSPS) is 11.5. The number of nitrogens with one attached hydrogen (secondary N) is 1. The minimum absolute atomic E-state index is 0.0669. The summed E-state index contributed by atoms with van der Waals surface area (Å²) >= 11 is 0. The maximum atomic E-state index is 11.2. The van der Waals surface area contributed by atoms with Gasteiger partial charge in [0.25, 0.3) is 0 Å². The first-order chi connectivity index (χ1) is 6.95. The Morgan fingerprint density at radius 3 is 2.27 bits per heavy atom. The van der Waals surface area contributed by atoms with Crippen LogP contribution in [0.5, 0.6) is 0 Å². The number of hydrogen-bond donors (Lipinski definition) is 3. The Balaban J connectivity index is 3.66. The summed E-state index contributed by atoms with van der Waals surface area (Å²) in [5, 5.41) is 21.1. The van der Waals surface area contributed by atoms with E-state index in [-0.39, 0.29) is 19.1 Å². The van der Waals surface area contributed by atoms with Gasteiger partial charge >= 0.3 is 0 Å². The van der Waals surface area contributed by atoms with E-state index < -0.39 is 5.41 Å². The quantitative estimate of drug-likeness (QED) is 0.482. The highest BCUT2D eigenvalue weighted by atomic mass is 16.3. The topological polar surface area (TPSA) is 72.8 Å². The zero-order chi connectivity index (χ0) is 11.9. The molecule has 0 saturated heterocycles. The molecular formula is C10H22N2O3. The van der Waals surface area contributed by atoms with Gasteiger partial charge in [-0.05, 0) is 0 Å². The van der Waals surface area contributed by atoms with Crippen LogP contribution in [0.3, 0.4) is 0 Å². The van der Waals surface area contributed by atoms with E-state index in [1.807, 2.05) is 0 Å². The van der Waals surface area contributed by atoms with Crippen LogP contribution in [0.4, 0.5) is 0 Å². The molecule has 0 rings (SSSR count). The summed E-state index contributed by atoms with van der Waals surface area (Å²) in [6.45, 7) is 2.71. The second-order valence-electron chi connectivity index (χ2n) is 4.34. The van der Waals surface area contributed by atoms with E-state index in [1.165, 1.54) is 0 Å². The van der Waals surface area contributed by atoms with Crippen molar-refractivity contribution in [2.24, 2.45) is 5.41 Å². The molecule has 0 aromatic heterocycles. The van der Waals surface area contributed by atoms with Gasteiger partial charge in [0.15, 0.2) is 0 Å². The lowest BCUT2D eigenvalue weighted by molar-refractivity contribution is -0.128. The van der Waals surface area contributed by atoms with Gasteiger partial charge in [-0.2, -0.15) is 0 Å². The number of hydrogen-bond acceptors (Lipinski definition) is 4. The van der Waals surface area contributed by atoms with E-state index in [4.69, 9.17) is 10.2 Å². The fraction of sp³-hybridized carbons (Fsp3) is 0.900. The van der Waals surface area contributed by atoms with Gasteiger partial charge in [-0.15, -0.1) is 0 Å². The molecule has 5 heteroatoms. The number of aliphatic hydroxyl groups is 2. The van der Waals surface area contributed by atoms with Crippen LogP contribution in [-0.4, -0.2) is 61.4 Å². The first kappa shape index (κ1) is 14.3. The van der Waals surface area contributed by atoms with E-state index in [0.29, 0.717) is 19.5 Å². The van der Waals surface area contributed by atoms with Crippen molar-refractivity contribution >= 4 is 5.91 Å². The largest absolute Gasteiger partial charge is 0.396 e. The molecule has 15 heavy (non-hydrogen) atoms. The fourth-order valence-corrected chi connectivity index (χ4v) is 0.971. The lowest BCUT2D eigenvalue weighted by atomic mass is 9.93. The highest BCUT2D eigenvalue weighted by Crippen LogP contribution is 2.11. The average molecular weight is 218 g/mol. The summed E-state index contributed by atoms with van der Waals surface area (Å²) in [7, 11) is 3.43. The van der Waals surface area contributed by atoms with E-state index >= 15 is 0 Å². The molecule has 5 nitrogen and oxygen atoms in total. The molecule has 3 N–H and O–H groups in total. The number of carbonyl (C=O) groups is 1. The summed E-state index contributed by atoms with van der Waals surface area (Å²) in [4.78, 5) is 12.7. The van der Waals surface area contributed by atoms with Crippen LogP contribution in [0.25, 0.3) is 0 Å². The number of nitrogens with zero attached hydrogens (tertiary/aromatic N) is 1. The Morgan fingerprint density at radius 1 is 1.33 bits per heavy atom. The van der Waals surface area contributed by atoms with Gasteiger partial charge in [0.1, 0.15) is 0 Å². The van der Waals surface area contributed by atoms with Crippen LogP contribution in [0, 0.1) is 5.41 Å². The van der Waals surface area contributed by atoms with Crippen molar-refractivity contribution in [1.82, 2.24) is 10.2 Å². The van der Waals surface area contributed by atoms with Crippen LogP contribution in [0.2, 0.25) is 0 Å². The van der Waals surface area contributed by atoms with Gasteiger partial charge in [-0.25, -0.2) is 0 Å². The van der Waals surface area contributed by atoms with E-state index in [2.05, 4.69) is 5.32 Å². The Kier molecular flexibility index (Phi) is 6.47. The van der Waals surface area contributed by atoms with Crippen molar-refractivity contribution in [3.05, 3.63) is 0 Å². The lowest BCUT2D eigenvalue weighted by Crippen LogP contribution is -2.39. The third-order valence-electron chi connectivity index (χ3n) is 2.33. The van der Waals surface area contributed by atoms with Crippen LogP contribution < -0.4 is 5.32 Å². The molecule has 0 saturated carbocycles. The number of aliphatic hydroxyl groups excluding tert-OH is 2. The Labute approximate surface area is 91.1 Å². The first-order valence-corrected chi connectivity index (χ1v) is 5.08. The molecule has 90 valence electrons. The maximum Gasteiger partial charge on any atom is 0.223 e. The molecular weight excluding hydrogens is 196 g/mol. The second kappa shape index (κ2) is 6.76. The van der Waals surface area contributed by atoms with Crippen molar-refractivity contribution < 1.29 is 15.0 Å². The Hall–Kier alpha value is -0.650. The average Bonchev–Trinajstić information content (AvgIpc) is 2.23. The van der Waals surface area contributed by atoms with Crippen LogP contribution in [0.15, 0.2) is 0 Å². The molecule has 0 fully saturated rings. The third kappa shape index (κ3) is 5.71. The van der Waals surface area contributed by atoms with Gasteiger partial charge in [0, 0.05) is 39.0 Å². The maximum absolute atomic E-state index is 11.2. The molecule has 0 radical (unpaired) electrons. The van der Waals surface area contributed by atoms with Gasteiger partial charge in [0.2, 0.25) is 5.91 Å². The molecule has 0 aliphatic heterocycles. The Bertz CT molecular complexity index is 191. The van der Waals surface area contributed by atoms with Crippen molar-refractivity contribution in [3.8, 4) is 0 Å². The molecule has 0 spiro atoms. The monoisotopic (exact) mass is 218 g/mol. The summed E-state index contributed by atoms with van der Waals surface area (Å²) in [5.74, 6) is 0.0669. The molecule has 1 amide bonds. The smallest absolute Gasteiger partial charge is 0.223 e. The van der Waals surface area contributed by atoms with E-state index in [9.17, 15) is 4.79 Å². The molecule has 0 aromatic rings. The van der Waals surface area contributed by atoms with Crippen LogP contribution in [-0.2, 0) is 4.79 Å². The van der Waals surface area contributed by atoms with Crippen molar-refractivity contribution in [1.29, 1.82) is 0 Å². The van der Waals surface area contributed by atoms with Crippen molar-refractivity contribution in [3.63, 3.8) is 0 Å². The zero-order valence-corrected chi connectivity index (χ0v) is 9.79. The van der Waals surface area contributed by atoms with Gasteiger partial charge in [0.05, 0.1) is 13.2 Å². The SMILES string of the molecule is CN(C)C(=O)CCNCC(C)(CO)CO. The molecule has 0 aromatic carbocycles. The van der Waals surface area contributed by atoms with Crippen molar-refractivity contribution in [2.75, 3.05) is 40.4 Å². The Morgan fingerprint density at radius 2 is 1.87 bits per heavy atom. The van der Waals surface area contributed by atoms with E-state index in [1.54, 1.807) is 25.9 Å². The summed E-state index contributed by atoms with van der Waals surface area (Å²) in [6, 6.07) is 0. The molecule has 0 heterocycles. The van der Waals surface area contributed by atoms with Gasteiger partial charge in [-0.3, -0.25) is 4.79 Å². The summed E-state index contributed by atoms with van der Waals surface area (Å²) in [6.07, 6.45) is 0.430. The van der Waals surface area contributed by atoms with Crippen molar-refractivity contribution in [2.45, 2.75) is 13.3 Å². The lowest BCUT2D eigenvalue weighted by Gasteiger charge is -2.24. The van der Waals surface area contributed by atoms with E-state index in [0.717, 1.165) is 0 Å². The molecule has 0 atom stereocenters. The zero-order valence-electron chi connectivity index (χ0n) is 9.79. The van der Waals surface area contributed by atoms with Crippen LogP contribution >= 0.6 is 0 Å². The van der Waals surface area contributed by atoms with Gasteiger partial charge < -0.3 is 20.4 Å². The first-order valence-electron chi connectivity index (χ1n) is 5.08. The number of rotatable bonds is 7. The molecule has 0 aliphatic carbocycles. The third-order valence-corrected chi connectivity index (χ3v) is 2.33. The summed E-state index contributed by atoms with van der Waals surface area (Å²) in [5.41, 5.74) is -0.513. The highest BCUT2D eigenvalue weighted by molar-refractivity contribution is 5.75. The molecule has 0 aliphatic rings. The number of carbonyl (C=O) groups excluding carboxylic acids is 1. The molecule has 0 bridgehead atoms. The van der Waals surface area contributed by atoms with Crippen LogP contribution in [0.1, 0.15) is 13.3 Å². The minimum Gasteiger partial charge on any atom is -0.396 e.